The summed E-state index contributed by atoms with van der Waals surface area (Å²) < 4.78 is 5.67. The molecule has 0 bridgehead atoms. The minimum Gasteiger partial charge on any atom is -0.480 e. The Morgan fingerprint density at radius 2 is 1.84 bits per heavy atom. The maximum Gasteiger partial charge on any atom is 0.274 e. The van der Waals surface area contributed by atoms with Crippen LogP contribution >= 0.6 is 0 Å². The van der Waals surface area contributed by atoms with Crippen LogP contribution in [0.3, 0.4) is 0 Å². The normalized spacial score (nSPS) is 11.8. The number of aryl methyl sites for hydroxylation is 2. The molecule has 0 aliphatic heterocycles. The fourth-order valence-electron chi connectivity index (χ4n) is 1.84. The Morgan fingerprint density at radius 1 is 1.32 bits per heavy atom. The minimum absolute atomic E-state index is 0.389. The molecule has 104 valence electrons. The number of carbonyl (C=O) groups excluding carboxylic acids is 2. The van der Waals surface area contributed by atoms with Crippen LogP contribution in [0.15, 0.2) is 12.1 Å². The molecule has 0 saturated heterocycles. The lowest BCUT2D eigenvalue weighted by atomic mass is 10.0. The van der Waals surface area contributed by atoms with E-state index in [1.165, 1.54) is 0 Å². The lowest BCUT2D eigenvalue weighted by Crippen LogP contribution is -2.41. The molecular formula is C13H19N3O3. The van der Waals surface area contributed by atoms with E-state index >= 15 is 0 Å². The zero-order valence-corrected chi connectivity index (χ0v) is 11.3. The van der Waals surface area contributed by atoms with Crippen molar-refractivity contribution in [1.82, 2.24) is 5.43 Å². The summed E-state index contributed by atoms with van der Waals surface area (Å²) in [5.41, 5.74) is 9.22. The SMILES string of the molecule is CCC(Oc1c(C)cc(C(N)=O)cc1C)C(=O)NN. The Hall–Kier alpha value is -2.08. The van der Waals surface area contributed by atoms with Crippen molar-refractivity contribution in [2.24, 2.45) is 11.6 Å². The summed E-state index contributed by atoms with van der Waals surface area (Å²) in [7, 11) is 0. The van der Waals surface area contributed by atoms with E-state index in [1.54, 1.807) is 26.0 Å². The van der Waals surface area contributed by atoms with Crippen LogP contribution in [0.4, 0.5) is 0 Å². The first-order valence-electron chi connectivity index (χ1n) is 5.98. The first-order chi connectivity index (χ1) is 8.90. The van der Waals surface area contributed by atoms with E-state index in [4.69, 9.17) is 16.3 Å². The summed E-state index contributed by atoms with van der Waals surface area (Å²) in [6.07, 6.45) is -0.179. The van der Waals surface area contributed by atoms with Gasteiger partial charge < -0.3 is 10.5 Å². The van der Waals surface area contributed by atoms with E-state index < -0.39 is 12.0 Å². The maximum atomic E-state index is 11.5. The summed E-state index contributed by atoms with van der Waals surface area (Å²) in [4.78, 5) is 22.7. The average molecular weight is 265 g/mol. The van der Waals surface area contributed by atoms with Crippen molar-refractivity contribution in [3.63, 3.8) is 0 Å². The van der Waals surface area contributed by atoms with Crippen molar-refractivity contribution in [2.45, 2.75) is 33.3 Å². The van der Waals surface area contributed by atoms with Gasteiger partial charge >= 0.3 is 0 Å². The summed E-state index contributed by atoms with van der Waals surface area (Å²) in [6.45, 7) is 5.41. The molecule has 5 N–H and O–H groups in total. The third kappa shape index (κ3) is 3.45. The van der Waals surface area contributed by atoms with Gasteiger partial charge in [-0.2, -0.15) is 0 Å². The summed E-state index contributed by atoms with van der Waals surface area (Å²) in [5.74, 6) is 4.79. The number of ether oxygens (including phenoxy) is 1. The molecule has 1 aromatic rings. The molecule has 0 fully saturated rings. The molecule has 0 saturated carbocycles. The van der Waals surface area contributed by atoms with Crippen LogP contribution in [0.2, 0.25) is 0 Å². The first-order valence-corrected chi connectivity index (χ1v) is 5.98. The topological polar surface area (TPSA) is 107 Å². The Morgan fingerprint density at radius 3 is 2.21 bits per heavy atom. The Bertz CT molecular complexity index is 477. The highest BCUT2D eigenvalue weighted by molar-refractivity contribution is 5.93. The zero-order chi connectivity index (χ0) is 14.6. The smallest absolute Gasteiger partial charge is 0.274 e. The summed E-state index contributed by atoms with van der Waals surface area (Å²) >= 11 is 0. The second-order valence-corrected chi connectivity index (χ2v) is 4.33. The Kier molecular flexibility index (Phi) is 4.88. The molecule has 2 amide bonds. The van der Waals surface area contributed by atoms with E-state index in [0.717, 1.165) is 11.1 Å². The van der Waals surface area contributed by atoms with Crippen molar-refractivity contribution in [2.75, 3.05) is 0 Å². The number of hydrazine groups is 1. The highest BCUT2D eigenvalue weighted by Gasteiger charge is 2.19. The zero-order valence-electron chi connectivity index (χ0n) is 11.3. The molecule has 6 heteroatoms. The van der Waals surface area contributed by atoms with Gasteiger partial charge in [0.25, 0.3) is 5.91 Å². The second-order valence-electron chi connectivity index (χ2n) is 4.33. The van der Waals surface area contributed by atoms with Crippen LogP contribution in [0.1, 0.15) is 34.8 Å². The van der Waals surface area contributed by atoms with Crippen molar-refractivity contribution in [1.29, 1.82) is 0 Å². The lowest BCUT2D eigenvalue weighted by molar-refractivity contribution is -0.128. The molecule has 0 spiro atoms. The van der Waals surface area contributed by atoms with E-state index in [0.29, 0.717) is 17.7 Å². The molecule has 19 heavy (non-hydrogen) atoms. The van der Waals surface area contributed by atoms with Crippen molar-refractivity contribution in [3.05, 3.63) is 28.8 Å². The molecule has 1 atom stereocenters. The van der Waals surface area contributed by atoms with E-state index in [1.807, 2.05) is 6.92 Å². The van der Waals surface area contributed by atoms with Gasteiger partial charge in [-0.3, -0.25) is 15.0 Å². The first kappa shape index (κ1) is 15.0. The molecule has 0 heterocycles. The number of carbonyl (C=O) groups is 2. The molecule has 0 radical (unpaired) electrons. The molecule has 1 rings (SSSR count). The van der Waals surface area contributed by atoms with Crippen LogP contribution < -0.4 is 21.7 Å². The number of hydrogen-bond donors (Lipinski definition) is 3. The molecule has 0 aliphatic rings. The maximum absolute atomic E-state index is 11.5. The van der Waals surface area contributed by atoms with Gasteiger partial charge in [-0.15, -0.1) is 0 Å². The van der Waals surface area contributed by atoms with Gasteiger partial charge in [0.15, 0.2) is 6.10 Å². The fraction of sp³-hybridized carbons (Fsp3) is 0.385. The average Bonchev–Trinajstić information content (AvgIpc) is 2.37. The highest BCUT2D eigenvalue weighted by Crippen LogP contribution is 2.26. The van der Waals surface area contributed by atoms with Gasteiger partial charge in [-0.25, -0.2) is 5.84 Å². The highest BCUT2D eigenvalue weighted by atomic mass is 16.5. The molecule has 0 aromatic heterocycles. The number of rotatable bonds is 5. The number of primary amides is 1. The van der Waals surface area contributed by atoms with Gasteiger partial charge in [0.1, 0.15) is 5.75 Å². The van der Waals surface area contributed by atoms with Gasteiger partial charge in [0.05, 0.1) is 0 Å². The van der Waals surface area contributed by atoms with Crippen molar-refractivity contribution in [3.8, 4) is 5.75 Å². The van der Waals surface area contributed by atoms with Crippen LogP contribution in [0.5, 0.6) is 5.75 Å². The van der Waals surface area contributed by atoms with Crippen LogP contribution in [-0.2, 0) is 4.79 Å². The van der Waals surface area contributed by atoms with Gasteiger partial charge in [0, 0.05) is 5.56 Å². The molecule has 1 unspecified atom stereocenters. The van der Waals surface area contributed by atoms with Crippen LogP contribution in [0.25, 0.3) is 0 Å². The monoisotopic (exact) mass is 265 g/mol. The lowest BCUT2D eigenvalue weighted by Gasteiger charge is -2.19. The van der Waals surface area contributed by atoms with Crippen molar-refractivity contribution < 1.29 is 14.3 Å². The predicted octanol–water partition coefficient (Wildman–Crippen LogP) is 0.550. The van der Waals surface area contributed by atoms with Gasteiger partial charge in [-0.1, -0.05) is 6.92 Å². The minimum atomic E-state index is -0.665. The van der Waals surface area contributed by atoms with E-state index in [2.05, 4.69) is 5.43 Å². The molecule has 0 aliphatic carbocycles. The van der Waals surface area contributed by atoms with Crippen LogP contribution in [0, 0.1) is 13.8 Å². The largest absolute Gasteiger partial charge is 0.480 e. The number of amides is 2. The predicted molar refractivity (Wildman–Crippen MR) is 71.5 cm³/mol. The fourth-order valence-corrected chi connectivity index (χ4v) is 1.84. The number of nitrogens with two attached hydrogens (primary N) is 2. The number of nitrogens with one attached hydrogen (secondary N) is 1. The molecular weight excluding hydrogens is 246 g/mol. The Balaban J connectivity index is 3.08. The molecule has 1 aromatic carbocycles. The summed E-state index contributed by atoms with van der Waals surface area (Å²) in [5, 5.41) is 0. The standard InChI is InChI=1S/C13H19N3O3/c1-4-10(13(18)16-15)19-11-7(2)5-9(12(14)17)6-8(11)3/h5-6,10H,4,15H2,1-3H3,(H2,14,17)(H,16,18). The second kappa shape index (κ2) is 6.19. The van der Waals surface area contributed by atoms with Gasteiger partial charge in [-0.05, 0) is 43.5 Å². The summed E-state index contributed by atoms with van der Waals surface area (Å²) in [6, 6.07) is 3.27. The number of benzene rings is 1. The van der Waals surface area contributed by atoms with Gasteiger partial charge in [0.2, 0.25) is 5.91 Å². The quantitative estimate of drug-likeness (QED) is 0.410. The van der Waals surface area contributed by atoms with E-state index in [-0.39, 0.29) is 5.91 Å². The number of hydrogen-bond acceptors (Lipinski definition) is 4. The third-order valence-corrected chi connectivity index (χ3v) is 2.81. The van der Waals surface area contributed by atoms with Crippen LogP contribution in [-0.4, -0.2) is 17.9 Å². The van der Waals surface area contributed by atoms with Crippen molar-refractivity contribution >= 4 is 11.8 Å². The molecule has 6 nitrogen and oxygen atoms in total. The Labute approximate surface area is 112 Å². The third-order valence-electron chi connectivity index (χ3n) is 2.81. The van der Waals surface area contributed by atoms with E-state index in [9.17, 15) is 9.59 Å².